The molecule has 0 bridgehead atoms. The second-order valence-corrected chi connectivity index (χ2v) is 9.62. The number of nitrogens with zero attached hydrogens (tertiary/aromatic N) is 1. The van der Waals surface area contributed by atoms with Gasteiger partial charge in [-0.05, 0) is 41.9 Å². The van der Waals surface area contributed by atoms with Crippen molar-refractivity contribution in [2.75, 3.05) is 26.2 Å². The van der Waals surface area contributed by atoms with Gasteiger partial charge < -0.3 is 44.4 Å². The first-order valence-electron chi connectivity index (χ1n) is 13.3. The lowest BCUT2D eigenvalue weighted by atomic mass is 9.95. The van der Waals surface area contributed by atoms with Crippen molar-refractivity contribution in [1.29, 1.82) is 0 Å². The molecule has 1 N–H and O–H groups in total. The number of carboxylic acids is 3. The summed E-state index contributed by atoms with van der Waals surface area (Å²) in [7, 11) is 0. The van der Waals surface area contributed by atoms with E-state index in [4.69, 9.17) is 21.4 Å². The minimum atomic E-state index is -2.97. The van der Waals surface area contributed by atoms with Crippen LogP contribution in [0.15, 0.2) is 84.9 Å². The van der Waals surface area contributed by atoms with Gasteiger partial charge in [-0.15, -0.1) is 0 Å². The van der Waals surface area contributed by atoms with Crippen LogP contribution in [0.5, 0.6) is 5.75 Å². The smallest absolute Gasteiger partial charge is 0.119 e. The van der Waals surface area contributed by atoms with Crippen LogP contribution in [0.1, 0.15) is 43.4 Å². The molecule has 0 saturated heterocycles. The molecule has 42 heavy (non-hydrogen) atoms. The number of rotatable bonds is 14. The average Bonchev–Trinajstić information content (AvgIpc) is 2.96. The molecule has 3 rings (SSSR count). The van der Waals surface area contributed by atoms with Crippen LogP contribution in [0.3, 0.4) is 0 Å². The number of carbonyl (C=O) groups is 3. The third kappa shape index (κ3) is 10.7. The van der Waals surface area contributed by atoms with Gasteiger partial charge in [-0.2, -0.15) is 0 Å². The van der Waals surface area contributed by atoms with E-state index in [0.29, 0.717) is 6.61 Å². The Labute approximate surface area is 250 Å². The average molecular weight is 595 g/mol. The molecule has 0 fully saturated rings. The Balaban J connectivity index is 0.000000401. The number of benzene rings is 3. The number of carbonyl (C=O) groups excluding carboxylic acids is 3. The summed E-state index contributed by atoms with van der Waals surface area (Å²) in [5, 5.41) is 39.7. The molecule has 9 nitrogen and oxygen atoms in total. The van der Waals surface area contributed by atoms with E-state index in [0.717, 1.165) is 52.7 Å². The Hall–Kier alpha value is -4.18. The lowest BCUT2D eigenvalue weighted by Gasteiger charge is -2.29. The Kier molecular flexibility index (Phi) is 13.7. The fourth-order valence-electron chi connectivity index (χ4n) is 3.99. The number of likely N-dealkylation sites (N-methyl/N-ethyl adjacent to an activating group) is 1. The number of carboxylic acid groups (broad SMARTS) is 3. The van der Waals surface area contributed by atoms with Crippen LogP contribution in [0, 0.1) is 0 Å². The van der Waals surface area contributed by atoms with Gasteiger partial charge in [0.15, 0.2) is 0 Å². The van der Waals surface area contributed by atoms with E-state index in [9.17, 15) is 29.7 Å². The van der Waals surface area contributed by atoms with E-state index in [1.165, 1.54) is 0 Å². The van der Waals surface area contributed by atoms with Gasteiger partial charge in [0.1, 0.15) is 18.0 Å². The Morgan fingerprint density at radius 3 is 1.64 bits per heavy atom. The van der Waals surface area contributed by atoms with Crippen LogP contribution in [-0.2, 0) is 14.4 Å². The van der Waals surface area contributed by atoms with Crippen LogP contribution in [-0.4, -0.2) is 59.8 Å². The van der Waals surface area contributed by atoms with Gasteiger partial charge in [0.2, 0.25) is 0 Å². The molecule has 224 valence electrons. The Bertz CT molecular complexity index is 1310. The molecule has 3 aromatic carbocycles. The first-order valence-corrected chi connectivity index (χ1v) is 13.7. The fraction of sp³-hybridized carbons (Fsp3) is 0.281. The predicted molar refractivity (Wildman–Crippen MR) is 154 cm³/mol. The van der Waals surface area contributed by atoms with Crippen LogP contribution < -0.4 is 20.1 Å². The van der Waals surface area contributed by atoms with Gasteiger partial charge in [-0.25, -0.2) is 0 Å². The molecule has 0 heterocycles. The zero-order valence-electron chi connectivity index (χ0n) is 23.5. The predicted octanol–water partition coefficient (Wildman–Crippen LogP) is 1.31. The van der Waals surface area contributed by atoms with Gasteiger partial charge in [-0.1, -0.05) is 98.2 Å². The van der Waals surface area contributed by atoms with Crippen molar-refractivity contribution in [1.82, 2.24) is 4.90 Å². The molecule has 0 aliphatic carbocycles. The van der Waals surface area contributed by atoms with E-state index in [2.05, 4.69) is 43.0 Å². The topological polar surface area (TPSA) is 153 Å². The van der Waals surface area contributed by atoms with Crippen molar-refractivity contribution in [3.05, 3.63) is 102 Å². The van der Waals surface area contributed by atoms with Crippen LogP contribution >= 0.6 is 11.6 Å². The normalized spacial score (nSPS) is 11.6. The number of ether oxygens (including phenoxy) is 1. The number of hydrogen-bond acceptors (Lipinski definition) is 9. The second-order valence-electron chi connectivity index (χ2n) is 9.24. The summed E-state index contributed by atoms with van der Waals surface area (Å²) in [4.78, 5) is 32.4. The largest absolute Gasteiger partial charge is 0.550 e. The quantitative estimate of drug-likeness (QED) is 0.272. The van der Waals surface area contributed by atoms with E-state index >= 15 is 0 Å². The molecule has 10 heteroatoms. The highest BCUT2D eigenvalue weighted by atomic mass is 35.5. The van der Waals surface area contributed by atoms with Crippen molar-refractivity contribution in [2.24, 2.45) is 0 Å². The second kappa shape index (κ2) is 16.9. The summed E-state index contributed by atoms with van der Waals surface area (Å²) in [5.41, 5.74) is 1.22. The number of halogens is 1. The number of aliphatic carboxylic acids is 3. The van der Waals surface area contributed by atoms with Crippen molar-refractivity contribution in [2.45, 2.75) is 32.3 Å². The Morgan fingerprint density at radius 1 is 0.762 bits per heavy atom. The van der Waals surface area contributed by atoms with Gasteiger partial charge in [0.25, 0.3) is 0 Å². The molecule has 0 amide bonds. The first-order chi connectivity index (χ1) is 20.0. The third-order valence-electron chi connectivity index (χ3n) is 6.28. The summed E-state index contributed by atoms with van der Waals surface area (Å²) in [5.74, 6) is -5.11. The van der Waals surface area contributed by atoms with Crippen molar-refractivity contribution in [3.8, 4) is 5.75 Å². The van der Waals surface area contributed by atoms with Crippen LogP contribution in [0.4, 0.5) is 0 Å². The monoisotopic (exact) mass is 594 g/mol. The highest BCUT2D eigenvalue weighted by Gasteiger charge is 2.29. The summed E-state index contributed by atoms with van der Waals surface area (Å²) < 4.78 is 5.94. The number of hydrogen-bond donors (Lipinski definition) is 1. The molecule has 0 aliphatic rings. The van der Waals surface area contributed by atoms with E-state index in [1.807, 2.05) is 60.7 Å². The van der Waals surface area contributed by atoms with E-state index in [1.54, 1.807) is 0 Å². The first kappa shape index (κ1) is 34.0. The molecule has 0 aromatic heterocycles. The lowest BCUT2D eigenvalue weighted by Crippen LogP contribution is -2.54. The van der Waals surface area contributed by atoms with Crippen molar-refractivity contribution >= 4 is 40.1 Å². The minimum absolute atomic E-state index is 0.688. The molecular weight excluding hydrogens is 562 g/mol. The van der Waals surface area contributed by atoms with Gasteiger partial charge in [-0.3, -0.25) is 0 Å². The number of aliphatic hydroxyl groups is 1. The summed E-state index contributed by atoms with van der Waals surface area (Å²) >= 11 is 6.87. The molecule has 0 saturated carbocycles. The fourth-order valence-corrected chi connectivity index (χ4v) is 4.33. The van der Waals surface area contributed by atoms with Crippen LogP contribution in [0.25, 0.3) is 10.6 Å². The zero-order chi connectivity index (χ0) is 31.1. The van der Waals surface area contributed by atoms with E-state index < -0.39 is 36.4 Å². The van der Waals surface area contributed by atoms with Gasteiger partial charge >= 0.3 is 0 Å². The lowest BCUT2D eigenvalue weighted by molar-refractivity contribution is -0.339. The maximum absolute atomic E-state index is 10.1. The van der Waals surface area contributed by atoms with Crippen molar-refractivity contribution < 1.29 is 39.5 Å². The Morgan fingerprint density at radius 2 is 1.21 bits per heavy atom. The van der Waals surface area contributed by atoms with Gasteiger partial charge in [0, 0.05) is 36.9 Å². The molecule has 0 radical (unpaired) electrons. The standard InChI is InChI=1S/C26H28ClNO.C6H8O7/c1-3-28(4-2)19-20-29-24-17-15-22(16-18-24)25(21-11-7-5-8-12-21)26(27)23-13-9-6-10-14-23;7-3(8)1-6(13,5(11)12)2-4(9)10/h5-18H,3-4,19-20H2,1-2H3;13H,1-2H2,(H,7,8)(H,9,10)(H,11,12)/p-3/b26-25-;. The maximum Gasteiger partial charge on any atom is 0.119 e. The van der Waals surface area contributed by atoms with Gasteiger partial charge in [0.05, 0.1) is 11.0 Å². The molecular formula is C32H33ClNO8-3. The third-order valence-corrected chi connectivity index (χ3v) is 6.68. The highest BCUT2D eigenvalue weighted by molar-refractivity contribution is 6.53. The maximum atomic E-state index is 10.1. The summed E-state index contributed by atoms with van der Waals surface area (Å²) in [6.45, 7) is 8.05. The minimum Gasteiger partial charge on any atom is -0.550 e. The van der Waals surface area contributed by atoms with Crippen molar-refractivity contribution in [3.63, 3.8) is 0 Å². The zero-order valence-corrected chi connectivity index (χ0v) is 24.2. The molecule has 3 aromatic rings. The van der Waals surface area contributed by atoms with E-state index in [-0.39, 0.29) is 0 Å². The molecule has 0 unspecified atom stereocenters. The molecule has 0 atom stereocenters. The molecule has 0 aliphatic heterocycles. The van der Waals surface area contributed by atoms with Crippen LogP contribution in [0.2, 0.25) is 0 Å². The highest BCUT2D eigenvalue weighted by Crippen LogP contribution is 2.35. The summed E-state index contributed by atoms with van der Waals surface area (Å²) in [6.07, 6.45) is -2.72. The SMILES string of the molecule is CCN(CC)CCOc1ccc(/C(=C(\Cl)c2ccccc2)c2ccccc2)cc1.O=C([O-])CC(O)(CC(=O)[O-])C(=O)[O-]. The molecule has 0 spiro atoms. The summed E-state index contributed by atoms with van der Waals surface area (Å²) in [6, 6.07) is 28.6.